The number of carbonyl (C=O) groups is 2. The average molecular weight is 229 g/mol. The Bertz CT molecular complexity index is 462. The van der Waals surface area contributed by atoms with Crippen LogP contribution in [0.25, 0.3) is 16.5 Å². The second kappa shape index (κ2) is 6.98. The second-order valence-corrected chi connectivity index (χ2v) is 3.31. The largest absolute Gasteiger partial charge is 0.298 e. The summed E-state index contributed by atoms with van der Waals surface area (Å²) in [6, 6.07) is 4.89. The Labute approximate surface area is 98.4 Å². The van der Waals surface area contributed by atoms with Crippen molar-refractivity contribution in [2.45, 2.75) is 6.42 Å². The van der Waals surface area contributed by atoms with Gasteiger partial charge in [-0.2, -0.15) is 0 Å². The van der Waals surface area contributed by atoms with Gasteiger partial charge in [0.2, 0.25) is 0 Å². The van der Waals surface area contributed by atoms with Crippen LogP contribution in [0.15, 0.2) is 29.4 Å². The van der Waals surface area contributed by atoms with Crippen LogP contribution in [-0.2, 0) is 0 Å². The van der Waals surface area contributed by atoms with Crippen molar-refractivity contribution >= 4 is 18.6 Å². The van der Waals surface area contributed by atoms with Gasteiger partial charge in [-0.3, -0.25) is 9.59 Å². The van der Waals surface area contributed by atoms with Crippen LogP contribution >= 0.6 is 0 Å². The van der Waals surface area contributed by atoms with Crippen LogP contribution in [0.3, 0.4) is 0 Å². The molecule has 86 valence electrons. The number of benzene rings is 1. The van der Waals surface area contributed by atoms with Gasteiger partial charge < -0.3 is 0 Å². The Morgan fingerprint density at radius 2 is 1.71 bits per heavy atom. The van der Waals surface area contributed by atoms with Gasteiger partial charge in [-0.15, -0.1) is 0 Å². The zero-order valence-corrected chi connectivity index (χ0v) is 9.11. The highest BCUT2D eigenvalue weighted by atomic mass is 16.1. The maximum Gasteiger partial charge on any atom is 0.150 e. The summed E-state index contributed by atoms with van der Waals surface area (Å²) in [6.07, 6.45) is 5.63. The minimum atomic E-state index is 0.390. The monoisotopic (exact) mass is 229 g/mol. The molecule has 0 radical (unpaired) electrons. The molecular formula is C12H11N3O2. The lowest BCUT2D eigenvalue weighted by Gasteiger charge is -1.98. The zero-order chi connectivity index (χ0) is 12.5. The third-order valence-corrected chi connectivity index (χ3v) is 2.04. The van der Waals surface area contributed by atoms with Gasteiger partial charge in [-0.05, 0) is 35.7 Å². The predicted octanol–water partition coefficient (Wildman–Crippen LogP) is 3.03. The first kappa shape index (κ1) is 12.7. The van der Waals surface area contributed by atoms with Gasteiger partial charge in [0.1, 0.15) is 12.6 Å². The number of azide groups is 1. The van der Waals surface area contributed by atoms with Crippen LogP contribution in [0.1, 0.15) is 32.7 Å². The molecule has 0 saturated carbocycles. The third kappa shape index (κ3) is 4.32. The minimum absolute atomic E-state index is 0.390. The van der Waals surface area contributed by atoms with Gasteiger partial charge in [-0.25, -0.2) is 0 Å². The fraction of sp³-hybridized carbons (Fsp3) is 0.167. The molecule has 0 saturated heterocycles. The highest BCUT2D eigenvalue weighted by Gasteiger charge is 1.97. The van der Waals surface area contributed by atoms with E-state index in [9.17, 15) is 9.59 Å². The Hall–Kier alpha value is -2.39. The molecule has 0 spiro atoms. The summed E-state index contributed by atoms with van der Waals surface area (Å²) in [7, 11) is 0. The summed E-state index contributed by atoms with van der Waals surface area (Å²) in [5.41, 5.74) is 9.78. The van der Waals surface area contributed by atoms with E-state index >= 15 is 0 Å². The standard InChI is InChI=1S/C12H11N3O2/c13-15-14-4-2-1-3-10-5-11(8-16)7-12(6-10)9-17/h1,3,5-9H,2,4H2. The highest BCUT2D eigenvalue weighted by molar-refractivity contribution is 5.83. The van der Waals surface area contributed by atoms with E-state index in [4.69, 9.17) is 5.53 Å². The summed E-state index contributed by atoms with van der Waals surface area (Å²) in [5.74, 6) is 0. The smallest absolute Gasteiger partial charge is 0.150 e. The van der Waals surface area contributed by atoms with E-state index < -0.39 is 0 Å². The summed E-state index contributed by atoms with van der Waals surface area (Å²) >= 11 is 0. The molecule has 5 nitrogen and oxygen atoms in total. The SMILES string of the molecule is [N-]=[N+]=NCCC=Cc1cc(C=O)cc(C=O)c1. The molecule has 0 aliphatic heterocycles. The molecule has 0 heterocycles. The number of rotatable bonds is 6. The third-order valence-electron chi connectivity index (χ3n) is 2.04. The van der Waals surface area contributed by atoms with Crippen LogP contribution in [-0.4, -0.2) is 19.1 Å². The lowest BCUT2D eigenvalue weighted by molar-refractivity contribution is 0.112. The molecule has 0 fully saturated rings. The summed E-state index contributed by atoms with van der Waals surface area (Å²) in [4.78, 5) is 23.9. The van der Waals surface area contributed by atoms with E-state index in [1.54, 1.807) is 18.2 Å². The van der Waals surface area contributed by atoms with Crippen LogP contribution in [0.5, 0.6) is 0 Å². The molecule has 0 bridgehead atoms. The number of hydrogen-bond acceptors (Lipinski definition) is 3. The Kier molecular flexibility index (Phi) is 5.20. The molecule has 17 heavy (non-hydrogen) atoms. The van der Waals surface area contributed by atoms with Gasteiger partial charge >= 0.3 is 0 Å². The van der Waals surface area contributed by atoms with Crippen molar-refractivity contribution in [3.05, 3.63) is 51.4 Å². The number of carbonyl (C=O) groups excluding carboxylic acids is 2. The maximum absolute atomic E-state index is 10.6. The molecule has 1 aromatic rings. The lowest BCUT2D eigenvalue weighted by Crippen LogP contribution is -1.87. The predicted molar refractivity (Wildman–Crippen MR) is 64.9 cm³/mol. The van der Waals surface area contributed by atoms with Gasteiger partial charge in [-0.1, -0.05) is 17.3 Å². The lowest BCUT2D eigenvalue weighted by atomic mass is 10.1. The molecule has 1 rings (SSSR count). The van der Waals surface area contributed by atoms with Gasteiger partial charge in [0, 0.05) is 22.6 Å². The summed E-state index contributed by atoms with van der Waals surface area (Å²) in [5, 5.41) is 3.39. The van der Waals surface area contributed by atoms with E-state index in [0.717, 1.165) is 5.56 Å². The van der Waals surface area contributed by atoms with Crippen molar-refractivity contribution in [2.24, 2.45) is 5.11 Å². The first-order valence-corrected chi connectivity index (χ1v) is 5.03. The second-order valence-electron chi connectivity index (χ2n) is 3.31. The zero-order valence-electron chi connectivity index (χ0n) is 9.11. The van der Waals surface area contributed by atoms with E-state index in [-0.39, 0.29) is 0 Å². The van der Waals surface area contributed by atoms with Crippen LogP contribution in [0, 0.1) is 0 Å². The number of hydrogen-bond donors (Lipinski definition) is 0. The van der Waals surface area contributed by atoms with Crippen molar-refractivity contribution in [2.75, 3.05) is 6.54 Å². The molecule has 5 heteroatoms. The van der Waals surface area contributed by atoms with E-state index in [0.29, 0.717) is 36.7 Å². The first-order valence-electron chi connectivity index (χ1n) is 5.03. The summed E-state index contributed by atoms with van der Waals surface area (Å²) in [6.45, 7) is 0.390. The van der Waals surface area contributed by atoms with Gasteiger partial charge in [0.25, 0.3) is 0 Å². The molecule has 0 amide bonds. The fourth-order valence-electron chi connectivity index (χ4n) is 1.33. The van der Waals surface area contributed by atoms with E-state index in [2.05, 4.69) is 10.0 Å². The molecule has 0 atom stereocenters. The molecule has 0 aliphatic carbocycles. The van der Waals surface area contributed by atoms with Crippen molar-refractivity contribution in [1.82, 2.24) is 0 Å². The van der Waals surface area contributed by atoms with E-state index in [1.165, 1.54) is 6.07 Å². The molecule has 0 aromatic heterocycles. The molecule has 1 aromatic carbocycles. The minimum Gasteiger partial charge on any atom is -0.298 e. The quantitative estimate of drug-likeness (QED) is 0.247. The topological polar surface area (TPSA) is 82.9 Å². The van der Waals surface area contributed by atoms with Crippen molar-refractivity contribution in [1.29, 1.82) is 0 Å². The number of aldehydes is 2. The van der Waals surface area contributed by atoms with Gasteiger partial charge in [0.15, 0.2) is 0 Å². The highest BCUT2D eigenvalue weighted by Crippen LogP contribution is 2.09. The average Bonchev–Trinajstić information content (AvgIpc) is 2.38. The van der Waals surface area contributed by atoms with Gasteiger partial charge in [0.05, 0.1) is 0 Å². The molecule has 0 N–H and O–H groups in total. The van der Waals surface area contributed by atoms with Crippen molar-refractivity contribution in [3.63, 3.8) is 0 Å². The normalized spacial score (nSPS) is 9.88. The van der Waals surface area contributed by atoms with Crippen molar-refractivity contribution < 1.29 is 9.59 Å². The molecule has 0 unspecified atom stereocenters. The molecular weight excluding hydrogens is 218 g/mol. The van der Waals surface area contributed by atoms with Crippen molar-refractivity contribution in [3.8, 4) is 0 Å². The number of nitrogens with zero attached hydrogens (tertiary/aromatic N) is 3. The van der Waals surface area contributed by atoms with Crippen LogP contribution in [0.2, 0.25) is 0 Å². The summed E-state index contributed by atoms with van der Waals surface area (Å²) < 4.78 is 0. The first-order chi connectivity index (χ1) is 8.30. The Morgan fingerprint density at radius 3 is 2.24 bits per heavy atom. The Morgan fingerprint density at radius 1 is 1.12 bits per heavy atom. The fourth-order valence-corrected chi connectivity index (χ4v) is 1.33. The Balaban J connectivity index is 2.78. The van der Waals surface area contributed by atoms with Crippen LogP contribution in [0.4, 0.5) is 0 Å². The molecule has 0 aliphatic rings. The van der Waals surface area contributed by atoms with E-state index in [1.807, 2.05) is 6.08 Å². The maximum atomic E-state index is 10.6. The van der Waals surface area contributed by atoms with Crippen LogP contribution < -0.4 is 0 Å².